The normalized spacial score (nSPS) is 13.4. The van der Waals surface area contributed by atoms with Crippen LogP contribution in [0.15, 0.2) is 36.4 Å². The highest BCUT2D eigenvalue weighted by Crippen LogP contribution is 2.49. The molecule has 3 aromatic rings. The Hall–Kier alpha value is -2.58. The number of benzene rings is 3. The van der Waals surface area contributed by atoms with Crippen LogP contribution in [-0.2, 0) is 38.2 Å². The molecule has 6 atom stereocenters. The maximum absolute atomic E-state index is 7.19. The Morgan fingerprint density at radius 1 is 0.422 bits per heavy atom. The van der Waals surface area contributed by atoms with Crippen LogP contribution in [0.25, 0.3) is 0 Å². The topological polar surface area (TPSA) is 92.3 Å². The highest BCUT2D eigenvalue weighted by atomic mass is 32.2. The molecule has 18 heteroatoms. The van der Waals surface area contributed by atoms with Gasteiger partial charge in [-0.05, 0) is 193 Å². The molecule has 0 aromatic heterocycles. The molecule has 0 aliphatic rings. The van der Waals surface area contributed by atoms with Crippen molar-refractivity contribution in [2.45, 2.75) is 188 Å². The van der Waals surface area contributed by atoms with Crippen molar-refractivity contribution in [1.82, 2.24) is 0 Å². The standard InChI is InChI=1S/C65H100O10S8/c1-15-25-28-45(18-4)41-73-57-34-49(55(67-13)38-51(57)44(11)81-63(77)70-22-8)36-61(83-65(79)72-24-10)53-40-56(68-14)50(35-59(53)75-43-47(20-6)30-27-17-3)37-60(82-64(78)71-23-9)52-39-54(66-12)48(31-32-80-62(76)69-21-7)33-58(52)74-42-46(19-5)29-26-16-2/h33-35,38-40,44-47,60-61H,15-32,36-37,41-43H2,1-14H3. The number of rotatable bonds is 41. The number of methoxy groups -OCH3 is 3. The molecular formula is C65H100O10S8. The minimum absolute atomic E-state index is 0.0746. The number of unbranched alkanes of at least 4 members (excludes halogenated alkanes) is 3. The van der Waals surface area contributed by atoms with Gasteiger partial charge in [0.2, 0.25) is 17.5 Å². The summed E-state index contributed by atoms with van der Waals surface area (Å²) in [6.45, 7) is 27.0. The van der Waals surface area contributed by atoms with Crippen molar-refractivity contribution in [3.63, 3.8) is 0 Å². The second-order valence-corrected chi connectivity index (χ2v) is 27.7. The highest BCUT2D eigenvalue weighted by Gasteiger charge is 2.30. The molecule has 3 aromatic carbocycles. The van der Waals surface area contributed by atoms with E-state index in [9.17, 15) is 0 Å². The number of thiocarbonyl (C=S) groups is 4. The number of ether oxygens (including phenoxy) is 10. The van der Waals surface area contributed by atoms with Gasteiger partial charge in [0, 0.05) is 38.2 Å². The van der Waals surface area contributed by atoms with E-state index in [0.29, 0.717) is 107 Å². The zero-order valence-corrected chi connectivity index (χ0v) is 59.1. The average molecular weight is 1300 g/mol. The summed E-state index contributed by atoms with van der Waals surface area (Å²) >= 11 is 29.2. The quantitative estimate of drug-likeness (QED) is 0.0504. The predicted octanol–water partition coefficient (Wildman–Crippen LogP) is 19.9. The summed E-state index contributed by atoms with van der Waals surface area (Å²) in [7, 11) is 5.18. The largest absolute Gasteiger partial charge is 0.496 e. The molecule has 6 unspecified atom stereocenters. The second kappa shape index (κ2) is 43.1. The lowest BCUT2D eigenvalue weighted by molar-refractivity contribution is 0.230. The van der Waals surface area contributed by atoms with Gasteiger partial charge in [-0.15, -0.1) is 0 Å². The average Bonchev–Trinajstić information content (AvgIpc) is 3.59. The van der Waals surface area contributed by atoms with E-state index < -0.39 is 0 Å². The molecule has 0 spiro atoms. The molecule has 3 rings (SSSR count). The Balaban J connectivity index is 2.43. The third-order valence-electron chi connectivity index (χ3n) is 14.6. The van der Waals surface area contributed by atoms with Crippen LogP contribution < -0.4 is 28.4 Å². The molecule has 0 fully saturated rings. The van der Waals surface area contributed by atoms with Crippen LogP contribution in [-0.4, -0.2) is 90.9 Å². The molecule has 0 N–H and O–H groups in total. The van der Waals surface area contributed by atoms with Crippen molar-refractivity contribution in [1.29, 1.82) is 0 Å². The number of aryl methyl sites for hydroxylation is 1. The van der Waals surface area contributed by atoms with Crippen molar-refractivity contribution in [2.24, 2.45) is 17.8 Å². The lowest BCUT2D eigenvalue weighted by Crippen LogP contribution is -2.16. The predicted molar refractivity (Wildman–Crippen MR) is 373 cm³/mol. The molecule has 0 saturated carbocycles. The maximum Gasteiger partial charge on any atom is 0.220 e. The molecule has 0 radical (unpaired) electrons. The third-order valence-corrected chi connectivity index (χ3v) is 20.0. The van der Waals surface area contributed by atoms with Gasteiger partial charge in [-0.3, -0.25) is 0 Å². The Bertz CT molecular complexity index is 2390. The van der Waals surface area contributed by atoms with Crippen LogP contribution >= 0.6 is 95.9 Å². The molecule has 0 aliphatic heterocycles. The van der Waals surface area contributed by atoms with Crippen LogP contribution in [0.5, 0.6) is 34.5 Å². The summed E-state index contributed by atoms with van der Waals surface area (Å²) in [4.78, 5) is 0. The van der Waals surface area contributed by atoms with E-state index in [2.05, 4.69) is 84.9 Å². The zero-order chi connectivity index (χ0) is 61.1. The van der Waals surface area contributed by atoms with Crippen LogP contribution in [0.3, 0.4) is 0 Å². The first-order valence-electron chi connectivity index (χ1n) is 30.4. The maximum atomic E-state index is 7.19. The lowest BCUT2D eigenvalue weighted by Gasteiger charge is -2.27. The van der Waals surface area contributed by atoms with Gasteiger partial charge in [0.25, 0.3) is 0 Å². The van der Waals surface area contributed by atoms with Gasteiger partial charge in [-0.25, -0.2) is 0 Å². The van der Waals surface area contributed by atoms with Crippen molar-refractivity contribution in [3.05, 3.63) is 69.8 Å². The van der Waals surface area contributed by atoms with E-state index >= 15 is 0 Å². The molecule has 10 nitrogen and oxygen atoms in total. The van der Waals surface area contributed by atoms with Gasteiger partial charge in [-0.2, -0.15) is 0 Å². The molecular weight excluding hydrogens is 1200 g/mol. The van der Waals surface area contributed by atoms with Crippen molar-refractivity contribution in [2.75, 3.05) is 73.3 Å². The second-order valence-electron chi connectivity index (χ2n) is 20.5. The molecule has 0 bridgehead atoms. The Labute approximate surface area is 540 Å². The van der Waals surface area contributed by atoms with Gasteiger partial charge in [0.15, 0.2) is 0 Å². The van der Waals surface area contributed by atoms with Gasteiger partial charge < -0.3 is 47.4 Å². The summed E-state index contributed by atoms with van der Waals surface area (Å²) in [6, 6.07) is 12.9. The first-order valence-corrected chi connectivity index (χ1v) is 35.7. The SMILES string of the molecule is CCCCC(CC)COc1cc(CC(SC(=S)OCC)c2cc(OC)c(CC(SC(=S)OCC)c3cc(OC)c(CCSC(=S)OCC)cc3OCC(CC)CCCC)cc2OCC(CC)CCCC)c(OC)cc1C(C)SC(=S)OCC. The number of thioether (sulfide) groups is 4. The molecule has 83 heavy (non-hydrogen) atoms. The van der Waals surface area contributed by atoms with Gasteiger partial charge >= 0.3 is 0 Å². The van der Waals surface area contributed by atoms with Crippen molar-refractivity contribution in [3.8, 4) is 34.5 Å². The summed E-state index contributed by atoms with van der Waals surface area (Å²) in [5.74, 6) is 6.43. The molecule has 0 saturated heterocycles. The third kappa shape index (κ3) is 26.3. The fraction of sp³-hybridized carbons (Fsp3) is 0.662. The summed E-state index contributed by atoms with van der Waals surface area (Å²) < 4.78 is 65.5. The van der Waals surface area contributed by atoms with E-state index in [4.69, 9.17) is 96.2 Å². The van der Waals surface area contributed by atoms with E-state index in [1.165, 1.54) is 47.0 Å². The van der Waals surface area contributed by atoms with E-state index in [1.54, 1.807) is 21.3 Å². The minimum Gasteiger partial charge on any atom is -0.496 e. The molecule has 0 aliphatic carbocycles. The lowest BCUT2D eigenvalue weighted by atomic mass is 9.95. The van der Waals surface area contributed by atoms with Gasteiger partial charge in [0.1, 0.15) is 34.5 Å². The molecule has 0 amide bonds. The van der Waals surface area contributed by atoms with Crippen LogP contribution in [0.2, 0.25) is 0 Å². The minimum atomic E-state index is -0.312. The summed E-state index contributed by atoms with van der Waals surface area (Å²) in [5.41, 5.74) is 5.79. The molecule has 0 heterocycles. The Morgan fingerprint density at radius 3 is 1.12 bits per heavy atom. The van der Waals surface area contributed by atoms with Gasteiger partial charge in [-0.1, -0.05) is 146 Å². The van der Waals surface area contributed by atoms with Crippen molar-refractivity contribution >= 4 is 113 Å². The first kappa shape index (κ1) is 74.7. The van der Waals surface area contributed by atoms with Gasteiger partial charge in [0.05, 0.1) is 67.6 Å². The van der Waals surface area contributed by atoms with Crippen LogP contribution in [0, 0.1) is 17.8 Å². The summed E-state index contributed by atoms with van der Waals surface area (Å²) in [5, 5.41) is -0.680. The van der Waals surface area contributed by atoms with Crippen LogP contribution in [0.4, 0.5) is 0 Å². The Morgan fingerprint density at radius 2 is 0.759 bits per heavy atom. The summed E-state index contributed by atoms with van der Waals surface area (Å²) in [6.07, 6.45) is 14.8. The zero-order valence-electron chi connectivity index (χ0n) is 52.5. The number of hydrogen-bond donors (Lipinski definition) is 0. The monoisotopic (exact) mass is 1300 g/mol. The fourth-order valence-electron chi connectivity index (χ4n) is 9.58. The highest BCUT2D eigenvalue weighted by molar-refractivity contribution is 8.23. The van der Waals surface area contributed by atoms with E-state index in [-0.39, 0.29) is 15.7 Å². The van der Waals surface area contributed by atoms with Crippen LogP contribution in [0.1, 0.15) is 202 Å². The first-order chi connectivity index (χ1) is 40.1. The van der Waals surface area contributed by atoms with E-state index in [0.717, 1.165) is 145 Å². The smallest absolute Gasteiger partial charge is 0.220 e. The van der Waals surface area contributed by atoms with Crippen molar-refractivity contribution < 1.29 is 47.4 Å². The number of hydrogen-bond acceptors (Lipinski definition) is 18. The Kier molecular flexibility index (Phi) is 38.8. The fourth-order valence-corrected chi connectivity index (χ4v) is 14.9. The molecule has 468 valence electrons. The van der Waals surface area contributed by atoms with E-state index in [1.807, 2.05) is 27.7 Å².